The highest BCUT2D eigenvalue weighted by molar-refractivity contribution is 6.13. The largest absolute Gasteiger partial charge is 0.496 e. The first-order chi connectivity index (χ1) is 19.0. The standard InChI is InChI=1S/C30H30F3NO6/c1-5-39-28(36)23-16(3)34-21-15-19(17-11-8-10-14-22(17)38-4)25(29(37)40-6-2)27(35)26(21)24(23)18-12-7-9-13-20(18)30(31,32)33/h7-14,19,24-25,34H,5-6,15H2,1-4H3/t19-,24+,25+/m0/s1. The number of carbonyl (C=O) groups is 3. The maximum absolute atomic E-state index is 14.3. The zero-order chi connectivity index (χ0) is 29.2. The molecule has 0 saturated heterocycles. The molecule has 1 N–H and O–H groups in total. The molecular weight excluding hydrogens is 527 g/mol. The van der Waals surface area contributed by atoms with Crippen molar-refractivity contribution in [2.45, 2.75) is 45.2 Å². The summed E-state index contributed by atoms with van der Waals surface area (Å²) >= 11 is 0. The van der Waals surface area contributed by atoms with E-state index >= 15 is 0 Å². The lowest BCUT2D eigenvalue weighted by Gasteiger charge is -2.40. The number of nitrogens with one attached hydrogen (secondary N) is 1. The molecule has 0 aromatic heterocycles. The van der Waals surface area contributed by atoms with Crippen LogP contribution in [0.1, 0.15) is 55.7 Å². The van der Waals surface area contributed by atoms with Crippen LogP contribution in [0.4, 0.5) is 13.2 Å². The molecule has 1 aliphatic heterocycles. The molecule has 212 valence electrons. The van der Waals surface area contributed by atoms with Crippen LogP contribution < -0.4 is 10.1 Å². The van der Waals surface area contributed by atoms with Gasteiger partial charge in [-0.1, -0.05) is 36.4 Å². The van der Waals surface area contributed by atoms with Crippen molar-refractivity contribution in [2.75, 3.05) is 20.3 Å². The van der Waals surface area contributed by atoms with Crippen molar-refractivity contribution in [1.29, 1.82) is 0 Å². The molecule has 2 aliphatic rings. The lowest BCUT2D eigenvalue weighted by Crippen LogP contribution is -2.43. The molecule has 7 nitrogen and oxygen atoms in total. The zero-order valence-corrected chi connectivity index (χ0v) is 22.6. The van der Waals surface area contributed by atoms with Gasteiger partial charge in [0.05, 0.1) is 31.5 Å². The topological polar surface area (TPSA) is 90.9 Å². The summed E-state index contributed by atoms with van der Waals surface area (Å²) in [5.74, 6) is -5.46. The minimum absolute atomic E-state index is 0.00116. The third kappa shape index (κ3) is 5.22. The van der Waals surface area contributed by atoms with Crippen molar-refractivity contribution in [3.05, 3.63) is 87.8 Å². The molecule has 10 heteroatoms. The highest BCUT2D eigenvalue weighted by atomic mass is 19.4. The Kier molecular flexibility index (Phi) is 8.37. The third-order valence-corrected chi connectivity index (χ3v) is 7.17. The maximum atomic E-state index is 14.3. The van der Waals surface area contributed by atoms with Crippen LogP contribution in [-0.2, 0) is 30.0 Å². The van der Waals surface area contributed by atoms with Crippen LogP contribution in [0.5, 0.6) is 5.75 Å². The number of alkyl halides is 3. The Balaban J connectivity index is 1.99. The number of Topliss-reactive ketones (excluding diaryl/α,β-unsaturated/α-hetero) is 1. The van der Waals surface area contributed by atoms with Gasteiger partial charge in [0.25, 0.3) is 0 Å². The first-order valence-corrected chi connectivity index (χ1v) is 12.9. The Morgan fingerprint density at radius 3 is 2.23 bits per heavy atom. The Bertz CT molecular complexity index is 1390. The molecule has 40 heavy (non-hydrogen) atoms. The minimum atomic E-state index is -4.77. The summed E-state index contributed by atoms with van der Waals surface area (Å²) in [5, 5.41) is 3.09. The van der Waals surface area contributed by atoms with Gasteiger partial charge in [-0.05, 0) is 50.5 Å². The second-order valence-corrected chi connectivity index (χ2v) is 9.44. The van der Waals surface area contributed by atoms with E-state index in [1.54, 1.807) is 45.0 Å². The molecule has 4 rings (SSSR count). The van der Waals surface area contributed by atoms with E-state index < -0.39 is 47.2 Å². The number of carbonyl (C=O) groups excluding carboxylic acids is 3. The Hall–Kier alpha value is -4.08. The number of rotatable bonds is 7. The van der Waals surface area contributed by atoms with E-state index in [0.29, 0.717) is 17.0 Å². The summed E-state index contributed by atoms with van der Waals surface area (Å²) in [6, 6.07) is 11.7. The maximum Gasteiger partial charge on any atom is 0.416 e. The van der Waals surface area contributed by atoms with Crippen LogP contribution in [0.2, 0.25) is 0 Å². The smallest absolute Gasteiger partial charge is 0.416 e. The molecule has 1 aliphatic carbocycles. The van der Waals surface area contributed by atoms with Gasteiger partial charge < -0.3 is 19.5 Å². The average molecular weight is 558 g/mol. The number of hydrogen-bond donors (Lipinski definition) is 1. The number of allylic oxidation sites excluding steroid dienone is 3. The molecule has 0 unspecified atom stereocenters. The fourth-order valence-electron chi connectivity index (χ4n) is 5.60. The molecule has 0 bridgehead atoms. The lowest BCUT2D eigenvalue weighted by atomic mass is 9.66. The van der Waals surface area contributed by atoms with Crippen molar-refractivity contribution in [2.24, 2.45) is 5.92 Å². The van der Waals surface area contributed by atoms with Crippen LogP contribution in [0.15, 0.2) is 71.1 Å². The zero-order valence-electron chi connectivity index (χ0n) is 22.6. The highest BCUT2D eigenvalue weighted by Crippen LogP contribution is 2.51. The van der Waals surface area contributed by atoms with Crippen molar-refractivity contribution in [3.8, 4) is 5.75 Å². The number of para-hydroxylation sites is 1. The van der Waals surface area contributed by atoms with E-state index in [1.807, 2.05) is 0 Å². The molecule has 2 aromatic carbocycles. The lowest BCUT2D eigenvalue weighted by molar-refractivity contribution is -0.152. The molecular formula is C30H30F3NO6. The average Bonchev–Trinajstić information content (AvgIpc) is 2.91. The summed E-state index contributed by atoms with van der Waals surface area (Å²) in [6.07, 6.45) is -4.68. The number of esters is 2. The van der Waals surface area contributed by atoms with Gasteiger partial charge in [-0.15, -0.1) is 0 Å². The molecule has 2 aromatic rings. The Morgan fingerprint density at radius 2 is 1.60 bits per heavy atom. The van der Waals surface area contributed by atoms with E-state index in [0.717, 1.165) is 6.07 Å². The first-order valence-electron chi connectivity index (χ1n) is 12.9. The van der Waals surface area contributed by atoms with E-state index in [9.17, 15) is 27.6 Å². The number of methoxy groups -OCH3 is 1. The monoisotopic (exact) mass is 557 g/mol. The van der Waals surface area contributed by atoms with Gasteiger partial charge in [-0.3, -0.25) is 9.59 Å². The molecule has 0 spiro atoms. The van der Waals surface area contributed by atoms with Gasteiger partial charge in [0.2, 0.25) is 0 Å². The third-order valence-electron chi connectivity index (χ3n) is 7.17. The number of ketones is 1. The van der Waals surface area contributed by atoms with Crippen LogP contribution in [0.25, 0.3) is 0 Å². The van der Waals surface area contributed by atoms with Crippen LogP contribution >= 0.6 is 0 Å². The predicted octanol–water partition coefficient (Wildman–Crippen LogP) is 5.43. The Labute approximate surface area is 230 Å². The van der Waals surface area contributed by atoms with Crippen molar-refractivity contribution < 1.29 is 41.8 Å². The van der Waals surface area contributed by atoms with Crippen molar-refractivity contribution >= 4 is 17.7 Å². The van der Waals surface area contributed by atoms with Gasteiger partial charge in [-0.2, -0.15) is 13.2 Å². The molecule has 0 fully saturated rings. The normalized spacial score (nSPS) is 21.0. The van der Waals surface area contributed by atoms with Crippen LogP contribution in [0.3, 0.4) is 0 Å². The summed E-state index contributed by atoms with van der Waals surface area (Å²) in [6.45, 7) is 4.71. The SMILES string of the molecule is CCOC(=O)C1=C(C)NC2=C(C(=O)[C@H](C(=O)OCC)[C@H](c3ccccc3OC)C2)[C@@H]1c1ccccc1C(F)(F)F. The highest BCUT2D eigenvalue weighted by Gasteiger charge is 2.51. The second kappa shape index (κ2) is 11.6. The fraction of sp³-hybridized carbons (Fsp3) is 0.367. The number of halogens is 3. The number of dihydropyridines is 1. The van der Waals surface area contributed by atoms with Crippen molar-refractivity contribution in [3.63, 3.8) is 0 Å². The summed E-state index contributed by atoms with van der Waals surface area (Å²) < 4.78 is 58.7. The number of hydrogen-bond acceptors (Lipinski definition) is 7. The number of benzene rings is 2. The quantitative estimate of drug-likeness (QED) is 0.359. The molecule has 0 amide bonds. The van der Waals surface area contributed by atoms with Gasteiger partial charge in [0, 0.05) is 28.8 Å². The van der Waals surface area contributed by atoms with Gasteiger partial charge in [0.1, 0.15) is 11.7 Å². The first kappa shape index (κ1) is 28.9. The van der Waals surface area contributed by atoms with E-state index in [2.05, 4.69) is 5.32 Å². The Morgan fingerprint density at radius 1 is 0.975 bits per heavy atom. The van der Waals surface area contributed by atoms with Crippen molar-refractivity contribution in [1.82, 2.24) is 5.32 Å². The van der Waals surface area contributed by atoms with Gasteiger partial charge >= 0.3 is 18.1 Å². The van der Waals surface area contributed by atoms with Gasteiger partial charge in [0.15, 0.2) is 5.78 Å². The predicted molar refractivity (Wildman–Crippen MR) is 139 cm³/mol. The minimum Gasteiger partial charge on any atom is -0.496 e. The van der Waals surface area contributed by atoms with E-state index in [4.69, 9.17) is 14.2 Å². The van der Waals surface area contributed by atoms with Gasteiger partial charge in [-0.25, -0.2) is 4.79 Å². The second-order valence-electron chi connectivity index (χ2n) is 9.44. The molecule has 0 saturated carbocycles. The van der Waals surface area contributed by atoms with Crippen LogP contribution in [-0.4, -0.2) is 38.0 Å². The summed E-state index contributed by atoms with van der Waals surface area (Å²) in [7, 11) is 1.47. The number of ether oxygens (including phenoxy) is 3. The summed E-state index contributed by atoms with van der Waals surface area (Å²) in [4.78, 5) is 40.8. The van der Waals surface area contributed by atoms with E-state index in [1.165, 1.54) is 25.3 Å². The fourth-order valence-corrected chi connectivity index (χ4v) is 5.60. The molecule has 0 radical (unpaired) electrons. The molecule has 3 atom stereocenters. The van der Waals surface area contributed by atoms with Crippen LogP contribution in [0, 0.1) is 5.92 Å². The summed E-state index contributed by atoms with van der Waals surface area (Å²) in [5.41, 5.74) is -0.309. The molecule has 1 heterocycles. The van der Waals surface area contributed by atoms with E-state index in [-0.39, 0.29) is 42.0 Å².